The largest absolute Gasteiger partial charge is 0.301 e. The molecule has 0 spiro atoms. The Labute approximate surface area is 81.5 Å². The smallest absolute Gasteiger partial charge is 0.242 e. The topological polar surface area (TPSA) is 34.0 Å². The molecule has 13 heavy (non-hydrogen) atoms. The number of rotatable bonds is 1. The summed E-state index contributed by atoms with van der Waals surface area (Å²) in [5, 5.41) is 4.51. The molecule has 0 saturated carbocycles. The minimum Gasteiger partial charge on any atom is -0.301 e. The zero-order valence-electron chi connectivity index (χ0n) is 7.23. The van der Waals surface area contributed by atoms with Crippen molar-refractivity contribution in [3.63, 3.8) is 0 Å². The van der Waals surface area contributed by atoms with Gasteiger partial charge in [0.25, 0.3) is 0 Å². The van der Waals surface area contributed by atoms with E-state index in [1.807, 2.05) is 4.68 Å². The van der Waals surface area contributed by atoms with E-state index >= 15 is 0 Å². The summed E-state index contributed by atoms with van der Waals surface area (Å²) in [4.78, 5) is 6.42. The molecule has 0 amide bonds. The van der Waals surface area contributed by atoms with Gasteiger partial charge in [-0.3, -0.25) is 0 Å². The first-order chi connectivity index (χ1) is 6.33. The van der Waals surface area contributed by atoms with Gasteiger partial charge in [-0.2, -0.15) is 0 Å². The molecule has 2 aliphatic heterocycles. The van der Waals surface area contributed by atoms with E-state index in [1.165, 1.54) is 19.5 Å². The Bertz CT molecular complexity index is 324. The monoisotopic (exact) mass is 198 g/mol. The van der Waals surface area contributed by atoms with Crippen LogP contribution in [0, 0.1) is 5.92 Å². The molecule has 1 aromatic heterocycles. The molecular formula is C8H11ClN4. The van der Waals surface area contributed by atoms with Crippen molar-refractivity contribution in [2.45, 2.75) is 12.5 Å². The Kier molecular flexibility index (Phi) is 1.60. The molecule has 0 N–H and O–H groups in total. The van der Waals surface area contributed by atoms with E-state index in [-0.39, 0.29) is 0 Å². The standard InChI is InChI=1S/C8H11ClN4/c9-8-10-5-13(11-8)7-4-12-2-1-6(7)3-12/h5-7H,1-4H2. The highest BCUT2D eigenvalue weighted by molar-refractivity contribution is 6.28. The third-order valence-corrected chi connectivity index (χ3v) is 3.29. The predicted octanol–water partition coefficient (Wildman–Crippen LogP) is 0.808. The number of hydrogen-bond acceptors (Lipinski definition) is 3. The van der Waals surface area contributed by atoms with Crippen LogP contribution in [0.15, 0.2) is 6.33 Å². The van der Waals surface area contributed by atoms with Crippen molar-refractivity contribution >= 4 is 11.6 Å². The summed E-state index contributed by atoms with van der Waals surface area (Å²) in [6.45, 7) is 3.59. The maximum Gasteiger partial charge on any atom is 0.242 e. The number of piperidine rings is 1. The lowest BCUT2D eigenvalue weighted by molar-refractivity contribution is 0.285. The quantitative estimate of drug-likeness (QED) is 0.670. The predicted molar refractivity (Wildman–Crippen MR) is 48.6 cm³/mol. The molecule has 2 fully saturated rings. The molecule has 0 radical (unpaired) electrons. The van der Waals surface area contributed by atoms with Crippen LogP contribution >= 0.6 is 11.6 Å². The van der Waals surface area contributed by atoms with Crippen molar-refractivity contribution in [1.29, 1.82) is 0 Å². The Morgan fingerprint density at radius 3 is 2.92 bits per heavy atom. The molecule has 0 aliphatic carbocycles. The highest BCUT2D eigenvalue weighted by atomic mass is 35.5. The summed E-state index contributed by atoms with van der Waals surface area (Å²) in [6, 6.07) is 0.508. The van der Waals surface area contributed by atoms with Crippen molar-refractivity contribution in [3.05, 3.63) is 11.6 Å². The van der Waals surface area contributed by atoms with Crippen molar-refractivity contribution in [3.8, 4) is 0 Å². The van der Waals surface area contributed by atoms with Crippen LogP contribution in [-0.4, -0.2) is 39.3 Å². The van der Waals surface area contributed by atoms with E-state index in [0.29, 0.717) is 11.3 Å². The van der Waals surface area contributed by atoms with Gasteiger partial charge in [-0.05, 0) is 30.5 Å². The molecule has 3 atom stereocenters. The lowest BCUT2D eigenvalue weighted by Crippen LogP contribution is -2.26. The number of fused-ring (bicyclic) bond motifs is 2. The van der Waals surface area contributed by atoms with Crippen LogP contribution in [0.1, 0.15) is 12.5 Å². The average Bonchev–Trinajstić information content (AvgIpc) is 2.77. The van der Waals surface area contributed by atoms with Crippen LogP contribution in [0.2, 0.25) is 5.28 Å². The molecule has 3 rings (SSSR count). The Balaban J connectivity index is 1.87. The van der Waals surface area contributed by atoms with Gasteiger partial charge in [-0.1, -0.05) is 0 Å². The zero-order valence-corrected chi connectivity index (χ0v) is 7.98. The van der Waals surface area contributed by atoms with Crippen molar-refractivity contribution < 1.29 is 0 Å². The lowest BCUT2D eigenvalue weighted by Gasteiger charge is -2.21. The van der Waals surface area contributed by atoms with Gasteiger partial charge in [-0.15, -0.1) is 5.10 Å². The molecule has 1 aromatic rings. The fourth-order valence-electron chi connectivity index (χ4n) is 2.47. The number of halogens is 1. The van der Waals surface area contributed by atoms with Gasteiger partial charge >= 0.3 is 0 Å². The average molecular weight is 199 g/mol. The molecule has 2 aliphatic rings. The van der Waals surface area contributed by atoms with E-state index in [2.05, 4.69) is 15.0 Å². The van der Waals surface area contributed by atoms with E-state index < -0.39 is 0 Å². The molecule has 2 bridgehead atoms. The third kappa shape index (κ3) is 1.16. The van der Waals surface area contributed by atoms with Gasteiger partial charge in [-0.25, -0.2) is 9.67 Å². The third-order valence-electron chi connectivity index (χ3n) is 3.12. The van der Waals surface area contributed by atoms with E-state index in [0.717, 1.165) is 12.5 Å². The summed E-state index contributed by atoms with van der Waals surface area (Å²) in [7, 11) is 0. The summed E-state index contributed by atoms with van der Waals surface area (Å²) in [5.41, 5.74) is 0. The van der Waals surface area contributed by atoms with Gasteiger partial charge in [0.1, 0.15) is 6.33 Å². The van der Waals surface area contributed by atoms with Crippen LogP contribution < -0.4 is 0 Å². The van der Waals surface area contributed by atoms with Crippen LogP contribution in [0.25, 0.3) is 0 Å². The SMILES string of the molecule is Clc1ncn(C2CN3CCC2C3)n1. The maximum absolute atomic E-state index is 5.68. The lowest BCUT2D eigenvalue weighted by atomic mass is 10.0. The second-order valence-corrected chi connectivity index (χ2v) is 4.21. The van der Waals surface area contributed by atoms with Crippen molar-refractivity contribution in [2.75, 3.05) is 19.6 Å². The number of hydrogen-bond donors (Lipinski definition) is 0. The highest BCUT2D eigenvalue weighted by Gasteiger charge is 2.39. The van der Waals surface area contributed by atoms with Crippen LogP contribution in [0.4, 0.5) is 0 Å². The van der Waals surface area contributed by atoms with E-state index in [1.54, 1.807) is 6.33 Å². The Morgan fingerprint density at radius 2 is 2.38 bits per heavy atom. The van der Waals surface area contributed by atoms with Gasteiger partial charge in [0.05, 0.1) is 6.04 Å². The highest BCUT2D eigenvalue weighted by Crippen LogP contribution is 2.35. The normalized spacial score (nSPS) is 37.2. The number of nitrogens with zero attached hydrogens (tertiary/aromatic N) is 4. The van der Waals surface area contributed by atoms with Crippen LogP contribution in [0.5, 0.6) is 0 Å². The zero-order chi connectivity index (χ0) is 8.84. The number of aromatic nitrogens is 3. The fraction of sp³-hybridized carbons (Fsp3) is 0.750. The Hall–Kier alpha value is -0.610. The van der Waals surface area contributed by atoms with Gasteiger partial charge in [0, 0.05) is 13.1 Å². The summed E-state index contributed by atoms with van der Waals surface area (Å²) >= 11 is 5.68. The first kappa shape index (κ1) is 7.76. The molecule has 70 valence electrons. The molecule has 3 unspecified atom stereocenters. The van der Waals surface area contributed by atoms with Gasteiger partial charge < -0.3 is 4.90 Å². The van der Waals surface area contributed by atoms with Gasteiger partial charge in [0.15, 0.2) is 0 Å². The van der Waals surface area contributed by atoms with Crippen LogP contribution in [0.3, 0.4) is 0 Å². The molecule has 0 aromatic carbocycles. The van der Waals surface area contributed by atoms with Gasteiger partial charge in [0.2, 0.25) is 5.28 Å². The molecule has 4 nitrogen and oxygen atoms in total. The summed E-state index contributed by atoms with van der Waals surface area (Å²) in [5.74, 6) is 0.762. The molecule has 5 heteroatoms. The fourth-order valence-corrected chi connectivity index (χ4v) is 2.60. The van der Waals surface area contributed by atoms with E-state index in [4.69, 9.17) is 11.6 Å². The minimum absolute atomic E-state index is 0.359. The Morgan fingerprint density at radius 1 is 1.46 bits per heavy atom. The van der Waals surface area contributed by atoms with Crippen molar-refractivity contribution in [1.82, 2.24) is 19.7 Å². The summed E-state index contributed by atoms with van der Waals surface area (Å²) in [6.07, 6.45) is 3.04. The molecule has 2 saturated heterocycles. The molecule has 3 heterocycles. The van der Waals surface area contributed by atoms with Crippen LogP contribution in [-0.2, 0) is 0 Å². The second-order valence-electron chi connectivity index (χ2n) is 3.87. The first-order valence-corrected chi connectivity index (χ1v) is 5.00. The van der Waals surface area contributed by atoms with Crippen molar-refractivity contribution in [2.24, 2.45) is 5.92 Å². The summed E-state index contributed by atoms with van der Waals surface area (Å²) < 4.78 is 1.92. The van der Waals surface area contributed by atoms with E-state index in [9.17, 15) is 0 Å². The maximum atomic E-state index is 5.68. The second kappa shape index (κ2) is 2.69. The minimum atomic E-state index is 0.359. The first-order valence-electron chi connectivity index (χ1n) is 4.62. The molecular weight excluding hydrogens is 188 g/mol.